The normalized spacial score (nSPS) is 16.0. The number of aromatic nitrogens is 5. The Hall–Kier alpha value is -3.42. The standard InChI is InChI=1S/C19H20N6O2/c1-12-15(9-24(3)23-12)17-16(13(2)22-19-20-11-21-25(17)19)18(26)27-10-14-7-5-4-6-8-14/h4-9,11,17H,10H2,1-3H3,(H,20,21,22). The maximum Gasteiger partial charge on any atom is 0.338 e. The minimum atomic E-state index is -0.444. The topological polar surface area (TPSA) is 86.9 Å². The zero-order chi connectivity index (χ0) is 19.0. The van der Waals surface area contributed by atoms with Crippen molar-refractivity contribution in [3.8, 4) is 0 Å². The summed E-state index contributed by atoms with van der Waals surface area (Å²) in [4.78, 5) is 17.2. The van der Waals surface area contributed by atoms with Crippen LogP contribution in [0.1, 0.15) is 29.8 Å². The summed E-state index contributed by atoms with van der Waals surface area (Å²) in [7, 11) is 1.85. The van der Waals surface area contributed by atoms with Gasteiger partial charge in [0, 0.05) is 24.5 Å². The highest BCUT2D eigenvalue weighted by Crippen LogP contribution is 2.36. The number of benzene rings is 1. The Morgan fingerprint density at radius 1 is 1.26 bits per heavy atom. The lowest BCUT2D eigenvalue weighted by molar-refractivity contribution is -0.140. The van der Waals surface area contributed by atoms with Crippen LogP contribution in [0.5, 0.6) is 0 Å². The molecule has 1 aliphatic rings. The third kappa shape index (κ3) is 3.10. The molecular weight excluding hydrogens is 344 g/mol. The van der Waals surface area contributed by atoms with Gasteiger partial charge in [-0.2, -0.15) is 15.2 Å². The van der Waals surface area contributed by atoms with Gasteiger partial charge in [0.05, 0.1) is 11.3 Å². The lowest BCUT2D eigenvalue weighted by atomic mass is 9.96. The summed E-state index contributed by atoms with van der Waals surface area (Å²) in [6, 6.07) is 9.16. The molecule has 0 saturated carbocycles. The molecule has 27 heavy (non-hydrogen) atoms. The molecule has 3 aromatic rings. The van der Waals surface area contributed by atoms with E-state index < -0.39 is 12.0 Å². The highest BCUT2D eigenvalue weighted by molar-refractivity contribution is 5.92. The second-order valence-electron chi connectivity index (χ2n) is 6.50. The van der Waals surface area contributed by atoms with Crippen molar-refractivity contribution in [2.45, 2.75) is 26.5 Å². The summed E-state index contributed by atoms with van der Waals surface area (Å²) in [6.07, 6.45) is 3.36. The van der Waals surface area contributed by atoms with Gasteiger partial charge >= 0.3 is 5.97 Å². The van der Waals surface area contributed by atoms with Gasteiger partial charge in [0.1, 0.15) is 19.0 Å². The lowest BCUT2D eigenvalue weighted by Crippen LogP contribution is -2.29. The van der Waals surface area contributed by atoms with Gasteiger partial charge in [-0.1, -0.05) is 30.3 Å². The van der Waals surface area contributed by atoms with E-state index in [1.54, 1.807) is 9.36 Å². The molecule has 1 aliphatic heterocycles. The summed E-state index contributed by atoms with van der Waals surface area (Å²) in [5, 5.41) is 11.9. The molecule has 8 nitrogen and oxygen atoms in total. The molecule has 0 saturated heterocycles. The third-order valence-corrected chi connectivity index (χ3v) is 4.57. The van der Waals surface area contributed by atoms with Crippen LogP contribution in [-0.4, -0.2) is 30.5 Å². The van der Waals surface area contributed by atoms with E-state index in [1.807, 2.05) is 57.4 Å². The minimum Gasteiger partial charge on any atom is -0.457 e. The molecule has 1 unspecified atom stereocenters. The highest BCUT2D eigenvalue weighted by Gasteiger charge is 2.36. The van der Waals surface area contributed by atoms with Crippen molar-refractivity contribution in [3.63, 3.8) is 0 Å². The fraction of sp³-hybridized carbons (Fsp3) is 0.263. The van der Waals surface area contributed by atoms with Crippen molar-refractivity contribution in [2.24, 2.45) is 7.05 Å². The zero-order valence-corrected chi connectivity index (χ0v) is 15.4. The number of fused-ring (bicyclic) bond motifs is 1. The first-order valence-electron chi connectivity index (χ1n) is 8.63. The smallest absolute Gasteiger partial charge is 0.338 e. The van der Waals surface area contributed by atoms with Crippen molar-refractivity contribution in [3.05, 3.63) is 70.9 Å². The molecular formula is C19H20N6O2. The SMILES string of the molecule is CC1=C(C(=O)OCc2ccccc2)C(c2cn(C)nc2C)n2ncnc2N1. The van der Waals surface area contributed by atoms with Gasteiger partial charge in [0.2, 0.25) is 5.95 Å². The van der Waals surface area contributed by atoms with Crippen LogP contribution in [0.4, 0.5) is 5.95 Å². The Morgan fingerprint density at radius 3 is 2.74 bits per heavy atom. The molecule has 0 spiro atoms. The van der Waals surface area contributed by atoms with Crippen LogP contribution in [0, 0.1) is 6.92 Å². The lowest BCUT2D eigenvalue weighted by Gasteiger charge is -2.27. The van der Waals surface area contributed by atoms with Crippen LogP contribution >= 0.6 is 0 Å². The van der Waals surface area contributed by atoms with E-state index in [1.165, 1.54) is 6.33 Å². The molecule has 138 valence electrons. The first-order chi connectivity index (χ1) is 13.0. The van der Waals surface area contributed by atoms with Crippen molar-refractivity contribution in [1.29, 1.82) is 0 Å². The molecule has 8 heteroatoms. The highest BCUT2D eigenvalue weighted by atomic mass is 16.5. The monoisotopic (exact) mass is 364 g/mol. The number of allylic oxidation sites excluding steroid dienone is 1. The van der Waals surface area contributed by atoms with Crippen molar-refractivity contribution < 1.29 is 9.53 Å². The van der Waals surface area contributed by atoms with E-state index in [0.29, 0.717) is 17.2 Å². The molecule has 0 radical (unpaired) electrons. The predicted octanol–water partition coefficient (Wildman–Crippen LogP) is 2.35. The van der Waals surface area contributed by atoms with Gasteiger partial charge < -0.3 is 10.1 Å². The van der Waals surface area contributed by atoms with Gasteiger partial charge in [-0.15, -0.1) is 0 Å². The van der Waals surface area contributed by atoms with Gasteiger partial charge in [-0.3, -0.25) is 4.68 Å². The van der Waals surface area contributed by atoms with Gasteiger partial charge in [-0.05, 0) is 19.4 Å². The van der Waals surface area contributed by atoms with Crippen molar-refractivity contribution in [2.75, 3.05) is 5.32 Å². The average molecular weight is 364 g/mol. The Labute approximate surface area is 156 Å². The number of hydrogen-bond acceptors (Lipinski definition) is 6. The second-order valence-corrected chi connectivity index (χ2v) is 6.50. The molecule has 0 bridgehead atoms. The molecule has 3 heterocycles. The minimum absolute atomic E-state index is 0.208. The van der Waals surface area contributed by atoms with Crippen LogP contribution in [0.3, 0.4) is 0 Å². The van der Waals surface area contributed by atoms with E-state index in [-0.39, 0.29) is 6.61 Å². The number of anilines is 1. The van der Waals surface area contributed by atoms with E-state index >= 15 is 0 Å². The average Bonchev–Trinajstić information content (AvgIpc) is 3.25. The number of aryl methyl sites for hydroxylation is 2. The number of carbonyl (C=O) groups is 1. The molecule has 0 fully saturated rings. The largest absolute Gasteiger partial charge is 0.457 e. The number of ether oxygens (including phenoxy) is 1. The number of rotatable bonds is 4. The van der Waals surface area contributed by atoms with Crippen molar-refractivity contribution >= 4 is 11.9 Å². The quantitative estimate of drug-likeness (QED) is 0.715. The maximum absolute atomic E-state index is 13.0. The fourth-order valence-electron chi connectivity index (χ4n) is 3.33. The Morgan fingerprint density at radius 2 is 2.04 bits per heavy atom. The summed E-state index contributed by atoms with van der Waals surface area (Å²) in [5.41, 5.74) is 3.84. The number of esters is 1. The predicted molar refractivity (Wildman–Crippen MR) is 98.7 cm³/mol. The van der Waals surface area contributed by atoms with Crippen LogP contribution < -0.4 is 5.32 Å². The Kier molecular flexibility index (Phi) is 4.23. The Bertz CT molecular complexity index is 1020. The van der Waals surface area contributed by atoms with Crippen LogP contribution in [-0.2, 0) is 23.2 Å². The van der Waals surface area contributed by atoms with Crippen LogP contribution in [0.15, 0.2) is 54.1 Å². The van der Waals surface area contributed by atoms with Crippen molar-refractivity contribution in [1.82, 2.24) is 24.5 Å². The molecule has 1 aromatic carbocycles. The number of nitrogens with zero attached hydrogens (tertiary/aromatic N) is 5. The summed E-state index contributed by atoms with van der Waals surface area (Å²) < 4.78 is 9.02. The number of nitrogens with one attached hydrogen (secondary N) is 1. The van der Waals surface area contributed by atoms with Gasteiger partial charge in [0.25, 0.3) is 0 Å². The molecule has 1 atom stereocenters. The second kappa shape index (κ2) is 6.71. The summed E-state index contributed by atoms with van der Waals surface area (Å²) in [6.45, 7) is 3.96. The fourth-order valence-corrected chi connectivity index (χ4v) is 3.33. The first kappa shape index (κ1) is 17.0. The summed E-state index contributed by atoms with van der Waals surface area (Å²) >= 11 is 0. The van der Waals surface area contributed by atoms with Crippen LogP contribution in [0.25, 0.3) is 0 Å². The molecule has 0 amide bonds. The number of carbonyl (C=O) groups excluding carboxylic acids is 1. The first-order valence-corrected chi connectivity index (χ1v) is 8.63. The number of hydrogen-bond donors (Lipinski definition) is 1. The molecule has 1 N–H and O–H groups in total. The van der Waals surface area contributed by atoms with E-state index in [9.17, 15) is 4.79 Å². The third-order valence-electron chi connectivity index (χ3n) is 4.57. The molecule has 2 aromatic heterocycles. The van der Waals surface area contributed by atoms with Crippen LogP contribution in [0.2, 0.25) is 0 Å². The van der Waals surface area contributed by atoms with E-state index in [0.717, 1.165) is 16.8 Å². The van der Waals surface area contributed by atoms with Gasteiger partial charge in [0.15, 0.2) is 0 Å². The summed E-state index contributed by atoms with van der Waals surface area (Å²) in [5.74, 6) is 0.193. The molecule has 4 rings (SSSR count). The van der Waals surface area contributed by atoms with E-state index in [4.69, 9.17) is 4.74 Å². The maximum atomic E-state index is 13.0. The zero-order valence-electron chi connectivity index (χ0n) is 15.4. The Balaban J connectivity index is 1.70. The van der Waals surface area contributed by atoms with Gasteiger partial charge in [-0.25, -0.2) is 9.48 Å². The molecule has 0 aliphatic carbocycles. The van der Waals surface area contributed by atoms with E-state index in [2.05, 4.69) is 20.5 Å².